The van der Waals surface area contributed by atoms with Crippen LogP contribution in [0.25, 0.3) is 0 Å². The third-order valence-electron chi connectivity index (χ3n) is 4.51. The van der Waals surface area contributed by atoms with Crippen LogP contribution in [0.15, 0.2) is 23.1 Å². The first-order chi connectivity index (χ1) is 11.4. The van der Waals surface area contributed by atoms with Crippen LogP contribution in [0.1, 0.15) is 31.2 Å². The summed E-state index contributed by atoms with van der Waals surface area (Å²) in [7, 11) is -2.53. The van der Waals surface area contributed by atoms with Crippen LogP contribution >= 0.6 is 0 Å². The summed E-state index contributed by atoms with van der Waals surface area (Å²) in [5.74, 6) is -0.594. The average molecular weight is 352 g/mol. The number of fused-ring (bicyclic) bond motifs is 1. The number of rotatable bonds is 3. The highest BCUT2D eigenvalue weighted by Gasteiger charge is 2.38. The van der Waals surface area contributed by atoms with E-state index in [0.717, 1.165) is 12.0 Å². The van der Waals surface area contributed by atoms with E-state index in [9.17, 15) is 18.0 Å². The van der Waals surface area contributed by atoms with Crippen molar-refractivity contribution in [3.8, 4) is 0 Å². The lowest BCUT2D eigenvalue weighted by atomic mass is 10.0. The highest BCUT2D eigenvalue weighted by molar-refractivity contribution is 7.89. The molecule has 1 N–H and O–H groups in total. The Morgan fingerprint density at radius 2 is 2.08 bits per heavy atom. The lowest BCUT2D eigenvalue weighted by Gasteiger charge is -2.33. The fraction of sp³-hybridized carbons (Fsp3) is 0.500. The number of piperidine rings is 1. The predicted molar refractivity (Wildman–Crippen MR) is 86.9 cm³/mol. The van der Waals surface area contributed by atoms with Gasteiger partial charge in [0.05, 0.1) is 12.0 Å². The van der Waals surface area contributed by atoms with Crippen molar-refractivity contribution in [2.75, 3.05) is 19.0 Å². The first-order valence-corrected chi connectivity index (χ1v) is 9.40. The Morgan fingerprint density at radius 3 is 2.83 bits per heavy atom. The molecule has 1 atom stereocenters. The van der Waals surface area contributed by atoms with E-state index < -0.39 is 22.0 Å². The second kappa shape index (κ2) is 6.52. The van der Waals surface area contributed by atoms with Gasteiger partial charge in [-0.2, -0.15) is 4.31 Å². The van der Waals surface area contributed by atoms with Crippen LogP contribution in [-0.2, 0) is 30.8 Å². The molecule has 0 saturated carbocycles. The Hall–Kier alpha value is -1.93. The summed E-state index contributed by atoms with van der Waals surface area (Å²) in [5.41, 5.74) is 1.44. The van der Waals surface area contributed by atoms with Crippen molar-refractivity contribution < 1.29 is 22.7 Å². The van der Waals surface area contributed by atoms with Crippen LogP contribution < -0.4 is 5.32 Å². The average Bonchev–Trinajstić information content (AvgIpc) is 2.60. The summed E-state index contributed by atoms with van der Waals surface area (Å²) in [5, 5.41) is 2.73. The standard InChI is InChI=1S/C16H20N2O5S/c1-23-16(20)14-4-2-3-9-18(14)24(21,22)12-6-7-13-11(10-12)5-8-15(19)17-13/h6-7,10,14H,2-5,8-9H2,1H3,(H,17,19). The third-order valence-corrected chi connectivity index (χ3v) is 6.41. The number of aryl methyl sites for hydroxylation is 1. The van der Waals surface area contributed by atoms with Gasteiger partial charge in [-0.25, -0.2) is 8.42 Å². The molecule has 2 aliphatic rings. The van der Waals surface area contributed by atoms with Crippen LogP contribution in [0.5, 0.6) is 0 Å². The maximum atomic E-state index is 13.0. The molecule has 7 nitrogen and oxygen atoms in total. The van der Waals surface area contributed by atoms with Crippen LogP contribution in [0.2, 0.25) is 0 Å². The molecule has 1 amide bonds. The molecule has 3 rings (SSSR count). The van der Waals surface area contributed by atoms with Gasteiger partial charge in [0.1, 0.15) is 6.04 Å². The van der Waals surface area contributed by atoms with Crippen LogP contribution in [0.4, 0.5) is 5.69 Å². The van der Waals surface area contributed by atoms with Gasteiger partial charge >= 0.3 is 5.97 Å². The summed E-state index contributed by atoms with van der Waals surface area (Å²) in [6, 6.07) is 3.90. The molecule has 0 bridgehead atoms. The van der Waals surface area contributed by atoms with Crippen molar-refractivity contribution in [3.05, 3.63) is 23.8 Å². The SMILES string of the molecule is COC(=O)C1CCCCN1S(=O)(=O)c1ccc2c(c1)CCC(=O)N2. The normalized spacial score (nSPS) is 21.7. The van der Waals surface area contributed by atoms with Gasteiger partial charge in [-0.3, -0.25) is 9.59 Å². The first kappa shape index (κ1) is 16.9. The zero-order chi connectivity index (χ0) is 17.3. The Labute approximate surface area is 141 Å². The Kier molecular flexibility index (Phi) is 4.60. The van der Waals surface area contributed by atoms with Gasteiger partial charge in [0.25, 0.3) is 0 Å². The monoisotopic (exact) mass is 352 g/mol. The van der Waals surface area contributed by atoms with Gasteiger partial charge in [0.15, 0.2) is 0 Å². The van der Waals surface area contributed by atoms with Crippen molar-refractivity contribution in [2.45, 2.75) is 43.0 Å². The van der Waals surface area contributed by atoms with Gasteiger partial charge in [-0.1, -0.05) is 0 Å². The fourth-order valence-electron chi connectivity index (χ4n) is 3.22. The summed E-state index contributed by atoms with van der Waals surface area (Å²) >= 11 is 0. The zero-order valence-electron chi connectivity index (χ0n) is 13.4. The zero-order valence-corrected chi connectivity index (χ0v) is 14.3. The molecule has 130 valence electrons. The van der Waals surface area contributed by atoms with Crippen LogP contribution in [-0.4, -0.2) is 44.3 Å². The molecule has 24 heavy (non-hydrogen) atoms. The number of amides is 1. The van der Waals surface area contributed by atoms with Crippen molar-refractivity contribution in [2.24, 2.45) is 0 Å². The van der Waals surface area contributed by atoms with Gasteiger partial charge in [-0.05, 0) is 49.4 Å². The van der Waals surface area contributed by atoms with Gasteiger partial charge in [0.2, 0.25) is 15.9 Å². The highest BCUT2D eigenvalue weighted by Crippen LogP contribution is 2.30. The van der Waals surface area contributed by atoms with E-state index in [-0.39, 0.29) is 10.8 Å². The van der Waals surface area contributed by atoms with Crippen molar-refractivity contribution in [1.82, 2.24) is 4.31 Å². The van der Waals surface area contributed by atoms with Gasteiger partial charge in [-0.15, -0.1) is 0 Å². The largest absolute Gasteiger partial charge is 0.468 e. The minimum atomic E-state index is -3.79. The van der Waals surface area contributed by atoms with Gasteiger partial charge < -0.3 is 10.1 Å². The minimum Gasteiger partial charge on any atom is -0.468 e. The van der Waals surface area contributed by atoms with Crippen LogP contribution in [0.3, 0.4) is 0 Å². The molecule has 0 aliphatic carbocycles. The van der Waals surface area contributed by atoms with Gasteiger partial charge in [0, 0.05) is 18.7 Å². The molecule has 1 aromatic carbocycles. The molecule has 1 fully saturated rings. The number of hydrogen-bond acceptors (Lipinski definition) is 5. The lowest BCUT2D eigenvalue weighted by molar-refractivity contribution is -0.146. The number of anilines is 1. The molecule has 2 aliphatic heterocycles. The topological polar surface area (TPSA) is 92.8 Å². The smallest absolute Gasteiger partial charge is 0.324 e. The number of ether oxygens (including phenoxy) is 1. The van der Waals surface area contributed by atoms with Crippen molar-refractivity contribution >= 4 is 27.6 Å². The maximum absolute atomic E-state index is 13.0. The quantitative estimate of drug-likeness (QED) is 0.828. The van der Waals surface area contributed by atoms with E-state index in [1.54, 1.807) is 12.1 Å². The molecule has 0 spiro atoms. The number of esters is 1. The molecule has 1 unspecified atom stereocenters. The number of carbonyl (C=O) groups is 2. The molecule has 8 heteroatoms. The Morgan fingerprint density at radius 1 is 1.29 bits per heavy atom. The fourth-order valence-corrected chi connectivity index (χ4v) is 4.92. The Bertz CT molecular complexity index is 775. The van der Waals surface area contributed by atoms with E-state index in [1.807, 2.05) is 0 Å². The molecule has 1 saturated heterocycles. The lowest BCUT2D eigenvalue weighted by Crippen LogP contribution is -2.48. The van der Waals surface area contributed by atoms with E-state index in [2.05, 4.69) is 5.32 Å². The number of sulfonamides is 1. The highest BCUT2D eigenvalue weighted by atomic mass is 32.2. The first-order valence-electron chi connectivity index (χ1n) is 7.96. The number of nitrogens with zero attached hydrogens (tertiary/aromatic N) is 1. The molecule has 0 radical (unpaired) electrons. The van der Waals surface area contributed by atoms with E-state index in [1.165, 1.54) is 17.5 Å². The number of hydrogen-bond donors (Lipinski definition) is 1. The number of benzene rings is 1. The number of carbonyl (C=O) groups excluding carboxylic acids is 2. The minimum absolute atomic E-state index is 0.0695. The molecule has 2 heterocycles. The molecule has 0 aromatic heterocycles. The second-order valence-electron chi connectivity index (χ2n) is 6.02. The van der Waals surface area contributed by atoms with E-state index in [4.69, 9.17) is 4.74 Å². The van der Waals surface area contributed by atoms with Crippen molar-refractivity contribution in [3.63, 3.8) is 0 Å². The van der Waals surface area contributed by atoms with E-state index in [0.29, 0.717) is 37.9 Å². The van der Waals surface area contributed by atoms with Crippen LogP contribution in [0, 0.1) is 0 Å². The molecule has 1 aromatic rings. The second-order valence-corrected chi connectivity index (χ2v) is 7.91. The van der Waals surface area contributed by atoms with E-state index >= 15 is 0 Å². The molecular weight excluding hydrogens is 332 g/mol. The summed E-state index contributed by atoms with van der Waals surface area (Å²) in [6.07, 6.45) is 2.82. The predicted octanol–water partition coefficient (Wildman–Crippen LogP) is 1.29. The summed E-state index contributed by atoms with van der Waals surface area (Å²) < 4.78 is 32.0. The number of nitrogens with one attached hydrogen (secondary N) is 1. The summed E-state index contributed by atoms with van der Waals surface area (Å²) in [6.45, 7) is 0.302. The number of methoxy groups -OCH3 is 1. The maximum Gasteiger partial charge on any atom is 0.324 e. The third kappa shape index (κ3) is 3.03. The Balaban J connectivity index is 1.94. The summed E-state index contributed by atoms with van der Waals surface area (Å²) in [4.78, 5) is 23.5. The molecular formula is C16H20N2O5S. The van der Waals surface area contributed by atoms with Crippen molar-refractivity contribution in [1.29, 1.82) is 0 Å².